The van der Waals surface area contributed by atoms with Gasteiger partial charge in [0.2, 0.25) is 0 Å². The zero-order valence-electron chi connectivity index (χ0n) is 12.4. The van der Waals surface area contributed by atoms with E-state index < -0.39 is 0 Å². The van der Waals surface area contributed by atoms with Gasteiger partial charge >= 0.3 is 0 Å². The highest BCUT2D eigenvalue weighted by Gasteiger charge is 2.14. The van der Waals surface area contributed by atoms with E-state index in [4.69, 9.17) is 4.98 Å². The summed E-state index contributed by atoms with van der Waals surface area (Å²) in [5, 5.41) is 6.42. The van der Waals surface area contributed by atoms with E-state index in [1.165, 1.54) is 10.4 Å². The Morgan fingerprint density at radius 2 is 2.00 bits per heavy atom. The average Bonchev–Trinajstić information content (AvgIpc) is 3.00. The lowest BCUT2D eigenvalue weighted by atomic mass is 10.2. The molecule has 1 N–H and O–H groups in total. The average molecular weight is 337 g/mol. The van der Waals surface area contributed by atoms with E-state index in [0.717, 1.165) is 37.6 Å². The summed E-state index contributed by atoms with van der Waals surface area (Å²) in [4.78, 5) is 16.2. The Hall–Kier alpha value is -1.18. The van der Waals surface area contributed by atoms with E-state index in [1.54, 1.807) is 34.4 Å². The van der Waals surface area contributed by atoms with E-state index in [-0.39, 0.29) is 0 Å². The summed E-state index contributed by atoms with van der Waals surface area (Å²) in [6, 6.07) is 0. The smallest absolute Gasteiger partial charge is 0.150 e. The van der Waals surface area contributed by atoms with Gasteiger partial charge in [0.05, 0.1) is 11.1 Å². The predicted octanol–water partition coefficient (Wildman–Crippen LogP) is 4.41. The van der Waals surface area contributed by atoms with Gasteiger partial charge in [0.15, 0.2) is 4.34 Å². The number of thiazole rings is 1. The highest BCUT2D eigenvalue weighted by Crippen LogP contribution is 2.34. The third-order valence-electron chi connectivity index (χ3n) is 3.23. The van der Waals surface area contributed by atoms with Gasteiger partial charge in [-0.05, 0) is 26.3 Å². The lowest BCUT2D eigenvalue weighted by molar-refractivity contribution is 1.07. The number of rotatable bonds is 4. The molecule has 21 heavy (non-hydrogen) atoms. The molecule has 4 nitrogen and oxygen atoms in total. The minimum Gasteiger partial charge on any atom is -0.372 e. The number of fused-ring (bicyclic) bond motifs is 1. The molecule has 0 bridgehead atoms. The number of aryl methyl sites for hydroxylation is 3. The fourth-order valence-corrected chi connectivity index (χ4v) is 4.82. The molecule has 0 spiro atoms. The Morgan fingerprint density at radius 1 is 1.19 bits per heavy atom. The molecule has 3 heterocycles. The quantitative estimate of drug-likeness (QED) is 0.715. The van der Waals surface area contributed by atoms with Gasteiger partial charge in [0.1, 0.15) is 16.5 Å². The van der Waals surface area contributed by atoms with Crippen molar-refractivity contribution in [3.63, 3.8) is 0 Å². The van der Waals surface area contributed by atoms with Crippen molar-refractivity contribution in [2.75, 3.05) is 12.4 Å². The Morgan fingerprint density at radius 3 is 2.67 bits per heavy atom. The molecule has 0 aliphatic rings. The van der Waals surface area contributed by atoms with Crippen LogP contribution in [0.15, 0.2) is 9.72 Å². The SMILES string of the molecule is CNc1nc(CSc2nc(C)cs2)nc2sc(C)c(C)c12. The van der Waals surface area contributed by atoms with Gasteiger partial charge in [-0.15, -0.1) is 22.7 Å². The summed E-state index contributed by atoms with van der Waals surface area (Å²) in [5.74, 6) is 2.52. The Labute approximate surface area is 136 Å². The van der Waals surface area contributed by atoms with Crippen LogP contribution in [0.25, 0.3) is 10.2 Å². The van der Waals surface area contributed by atoms with Crippen LogP contribution in [0.2, 0.25) is 0 Å². The first-order valence-corrected chi connectivity index (χ1v) is 9.26. The number of aromatic nitrogens is 3. The maximum atomic E-state index is 4.71. The molecular formula is C14H16N4S3. The maximum absolute atomic E-state index is 4.71. The molecular weight excluding hydrogens is 320 g/mol. The van der Waals surface area contributed by atoms with Gasteiger partial charge in [-0.1, -0.05) is 11.8 Å². The van der Waals surface area contributed by atoms with E-state index in [0.29, 0.717) is 0 Å². The zero-order chi connectivity index (χ0) is 15.0. The van der Waals surface area contributed by atoms with Crippen molar-refractivity contribution in [2.24, 2.45) is 0 Å². The van der Waals surface area contributed by atoms with E-state index >= 15 is 0 Å². The molecule has 0 fully saturated rings. The molecule has 0 aliphatic heterocycles. The molecule has 0 saturated heterocycles. The van der Waals surface area contributed by atoms with E-state index in [9.17, 15) is 0 Å². The normalized spacial score (nSPS) is 11.2. The van der Waals surface area contributed by atoms with Crippen LogP contribution < -0.4 is 5.32 Å². The van der Waals surface area contributed by atoms with Gasteiger partial charge < -0.3 is 5.32 Å². The first-order chi connectivity index (χ1) is 10.1. The van der Waals surface area contributed by atoms with Crippen LogP contribution in [0.1, 0.15) is 22.0 Å². The molecule has 7 heteroatoms. The molecule has 0 atom stereocenters. The highest BCUT2D eigenvalue weighted by molar-refractivity contribution is 8.00. The van der Waals surface area contributed by atoms with Crippen LogP contribution in [-0.4, -0.2) is 22.0 Å². The largest absolute Gasteiger partial charge is 0.372 e. The third-order valence-corrected chi connectivity index (χ3v) is 6.47. The molecule has 0 radical (unpaired) electrons. The van der Waals surface area contributed by atoms with Crippen molar-refractivity contribution in [1.29, 1.82) is 0 Å². The molecule has 0 aromatic carbocycles. The minimum absolute atomic E-state index is 0.744. The number of anilines is 1. The lowest BCUT2D eigenvalue weighted by Gasteiger charge is -2.05. The second kappa shape index (κ2) is 5.90. The highest BCUT2D eigenvalue weighted by atomic mass is 32.2. The van der Waals surface area contributed by atoms with Gasteiger partial charge in [0.25, 0.3) is 0 Å². The van der Waals surface area contributed by atoms with Crippen molar-refractivity contribution >= 4 is 50.5 Å². The predicted molar refractivity (Wildman–Crippen MR) is 92.8 cm³/mol. The molecule has 3 aromatic rings. The lowest BCUT2D eigenvalue weighted by Crippen LogP contribution is -2.00. The topological polar surface area (TPSA) is 50.7 Å². The summed E-state index contributed by atoms with van der Waals surface area (Å²) in [7, 11) is 1.91. The summed E-state index contributed by atoms with van der Waals surface area (Å²) in [6.07, 6.45) is 0. The number of nitrogens with one attached hydrogen (secondary N) is 1. The summed E-state index contributed by atoms with van der Waals surface area (Å²) in [6.45, 7) is 6.28. The van der Waals surface area contributed by atoms with Crippen molar-refractivity contribution in [1.82, 2.24) is 15.0 Å². The van der Waals surface area contributed by atoms with Crippen molar-refractivity contribution in [3.05, 3.63) is 27.3 Å². The monoisotopic (exact) mass is 336 g/mol. The van der Waals surface area contributed by atoms with Crippen molar-refractivity contribution < 1.29 is 0 Å². The second-order valence-corrected chi connectivity index (χ2v) is 8.03. The fraction of sp³-hybridized carbons (Fsp3) is 0.357. The summed E-state index contributed by atoms with van der Waals surface area (Å²) >= 11 is 5.10. The van der Waals surface area contributed by atoms with Crippen LogP contribution in [0, 0.1) is 20.8 Å². The minimum atomic E-state index is 0.744. The van der Waals surface area contributed by atoms with E-state index in [1.807, 2.05) is 14.0 Å². The summed E-state index contributed by atoms with van der Waals surface area (Å²) < 4.78 is 1.07. The van der Waals surface area contributed by atoms with Crippen molar-refractivity contribution in [2.45, 2.75) is 30.9 Å². The Balaban J connectivity index is 1.92. The van der Waals surface area contributed by atoms with Gasteiger partial charge in [-0.3, -0.25) is 0 Å². The van der Waals surface area contributed by atoms with Crippen LogP contribution in [-0.2, 0) is 5.75 Å². The van der Waals surface area contributed by atoms with Crippen LogP contribution in [0.5, 0.6) is 0 Å². The molecule has 3 rings (SSSR count). The van der Waals surface area contributed by atoms with Crippen LogP contribution >= 0.6 is 34.4 Å². The van der Waals surface area contributed by atoms with Crippen molar-refractivity contribution in [3.8, 4) is 0 Å². The van der Waals surface area contributed by atoms with Gasteiger partial charge in [-0.2, -0.15) is 0 Å². The first kappa shape index (κ1) is 14.7. The Bertz CT molecular complexity index is 791. The summed E-state index contributed by atoms with van der Waals surface area (Å²) in [5.41, 5.74) is 2.34. The van der Waals surface area contributed by atoms with Crippen LogP contribution in [0.4, 0.5) is 5.82 Å². The zero-order valence-corrected chi connectivity index (χ0v) is 14.8. The molecule has 0 aliphatic carbocycles. The van der Waals surface area contributed by atoms with Gasteiger partial charge in [0, 0.05) is 23.0 Å². The first-order valence-electron chi connectivity index (χ1n) is 6.57. The Kier molecular flexibility index (Phi) is 4.14. The second-order valence-electron chi connectivity index (χ2n) is 4.75. The fourth-order valence-electron chi connectivity index (χ4n) is 2.06. The van der Waals surface area contributed by atoms with Gasteiger partial charge in [-0.25, -0.2) is 15.0 Å². The number of thiophene rings is 1. The molecule has 3 aromatic heterocycles. The number of hydrogen-bond acceptors (Lipinski definition) is 7. The standard InChI is InChI=1S/C14H16N4S3/c1-7-5-19-14(16-7)20-6-10-17-12(15-4)11-8(2)9(3)21-13(11)18-10/h5H,6H2,1-4H3,(H,15,17,18). The van der Waals surface area contributed by atoms with Crippen LogP contribution in [0.3, 0.4) is 0 Å². The molecule has 0 saturated carbocycles. The third kappa shape index (κ3) is 2.90. The van der Waals surface area contributed by atoms with E-state index in [2.05, 4.69) is 34.5 Å². The molecule has 0 amide bonds. The number of hydrogen-bond donors (Lipinski definition) is 1. The number of nitrogens with zero attached hydrogens (tertiary/aromatic N) is 3. The molecule has 0 unspecified atom stereocenters. The number of thioether (sulfide) groups is 1. The maximum Gasteiger partial charge on any atom is 0.150 e. The molecule has 110 valence electrons.